The molecule has 0 spiro atoms. The van der Waals surface area contributed by atoms with Crippen LogP contribution in [0.1, 0.15) is 83.4 Å². The van der Waals surface area contributed by atoms with E-state index in [0.29, 0.717) is 6.54 Å². The van der Waals surface area contributed by atoms with Crippen LogP contribution in [-0.2, 0) is 16.1 Å². The Morgan fingerprint density at radius 1 is 1.18 bits per heavy atom. The molecular weight excluding hydrogens is 432 g/mol. The van der Waals surface area contributed by atoms with Crippen molar-refractivity contribution in [3.8, 4) is 0 Å². The summed E-state index contributed by atoms with van der Waals surface area (Å²) >= 11 is 1.64. The van der Waals surface area contributed by atoms with Gasteiger partial charge in [-0.1, -0.05) is 46.1 Å². The molecule has 33 heavy (non-hydrogen) atoms. The lowest BCUT2D eigenvalue weighted by Gasteiger charge is -2.56. The fraction of sp³-hybridized carbons (Fsp3) is 0.778. The Hall–Kier alpha value is -1.40. The van der Waals surface area contributed by atoms with Gasteiger partial charge in [0.05, 0.1) is 12.6 Å². The predicted octanol–water partition coefficient (Wildman–Crippen LogP) is 4.89. The molecule has 184 valence electrons. The summed E-state index contributed by atoms with van der Waals surface area (Å²) < 4.78 is 0. The van der Waals surface area contributed by atoms with Gasteiger partial charge in [-0.2, -0.15) is 0 Å². The van der Waals surface area contributed by atoms with Crippen LogP contribution in [0.5, 0.6) is 0 Å². The Morgan fingerprint density at radius 2 is 1.91 bits per heavy atom. The third-order valence-electron chi connectivity index (χ3n) is 9.26. The Balaban J connectivity index is 1.40. The number of hydrogen-bond donors (Lipinski definition) is 3. The molecule has 0 radical (unpaired) electrons. The molecule has 7 atom stereocenters. The number of hydrogen-bond acceptors (Lipinski definition) is 4. The number of amides is 2. The molecule has 1 aromatic rings. The van der Waals surface area contributed by atoms with Gasteiger partial charge in [0, 0.05) is 22.8 Å². The van der Waals surface area contributed by atoms with Crippen LogP contribution in [0.4, 0.5) is 0 Å². The van der Waals surface area contributed by atoms with E-state index in [1.165, 1.54) is 6.42 Å². The van der Waals surface area contributed by atoms with Gasteiger partial charge in [-0.05, 0) is 73.1 Å². The normalized spacial score (nSPS) is 35.9. The van der Waals surface area contributed by atoms with Crippen molar-refractivity contribution in [2.24, 2.45) is 35.0 Å². The molecule has 2 amide bonds. The SMILES string of the molecule is C[C@H]1[C@@H]2[C@@H](O)[C@@H]([C@H](C)C(=O)NCc3cccs3)CC[C@@]2(C)CC[C@@H]1NC(=O)C1CCCCC1. The summed E-state index contributed by atoms with van der Waals surface area (Å²) in [6.07, 6.45) is 9.00. The quantitative estimate of drug-likeness (QED) is 0.549. The predicted molar refractivity (Wildman–Crippen MR) is 133 cm³/mol. The average Bonchev–Trinajstić information content (AvgIpc) is 3.33. The fourth-order valence-corrected chi connectivity index (χ4v) is 7.75. The van der Waals surface area contributed by atoms with Gasteiger partial charge in [-0.15, -0.1) is 11.3 Å². The maximum Gasteiger partial charge on any atom is 0.223 e. The minimum atomic E-state index is -0.518. The van der Waals surface area contributed by atoms with E-state index in [2.05, 4.69) is 24.5 Å². The third-order valence-corrected chi connectivity index (χ3v) is 10.1. The first-order valence-electron chi connectivity index (χ1n) is 13.1. The van der Waals surface area contributed by atoms with Gasteiger partial charge in [0.15, 0.2) is 0 Å². The van der Waals surface area contributed by atoms with Crippen LogP contribution in [0.3, 0.4) is 0 Å². The van der Waals surface area contributed by atoms with Gasteiger partial charge in [0.2, 0.25) is 11.8 Å². The number of fused-ring (bicyclic) bond motifs is 1. The highest BCUT2D eigenvalue weighted by Crippen LogP contribution is 2.55. The maximum atomic E-state index is 12.9. The molecule has 3 aliphatic rings. The largest absolute Gasteiger partial charge is 0.392 e. The molecule has 0 bridgehead atoms. The molecule has 6 heteroatoms. The summed E-state index contributed by atoms with van der Waals surface area (Å²) in [5.41, 5.74) is 0.0779. The monoisotopic (exact) mass is 474 g/mol. The highest BCUT2D eigenvalue weighted by Gasteiger charge is 2.54. The highest BCUT2D eigenvalue weighted by molar-refractivity contribution is 7.09. The minimum absolute atomic E-state index is 0.0293. The van der Waals surface area contributed by atoms with Crippen molar-refractivity contribution in [1.29, 1.82) is 0 Å². The molecule has 1 heterocycles. The molecule has 0 saturated heterocycles. The van der Waals surface area contributed by atoms with E-state index in [0.717, 1.165) is 56.2 Å². The van der Waals surface area contributed by atoms with Crippen LogP contribution in [0.2, 0.25) is 0 Å². The molecule has 0 aliphatic heterocycles. The first kappa shape index (κ1) is 24.7. The van der Waals surface area contributed by atoms with E-state index in [1.54, 1.807) is 11.3 Å². The zero-order valence-corrected chi connectivity index (χ0v) is 21.3. The summed E-state index contributed by atoms with van der Waals surface area (Å²) in [5.74, 6) is 0.454. The first-order chi connectivity index (χ1) is 15.8. The number of thiophene rings is 1. The van der Waals surface area contributed by atoms with Crippen LogP contribution >= 0.6 is 11.3 Å². The van der Waals surface area contributed by atoms with E-state index in [1.807, 2.05) is 24.4 Å². The van der Waals surface area contributed by atoms with Crippen molar-refractivity contribution < 1.29 is 14.7 Å². The second-order valence-electron chi connectivity index (χ2n) is 11.3. The average molecular weight is 475 g/mol. The molecular formula is C27H42N2O3S. The zero-order valence-electron chi connectivity index (χ0n) is 20.5. The third kappa shape index (κ3) is 5.32. The van der Waals surface area contributed by atoms with Gasteiger partial charge in [0.1, 0.15) is 0 Å². The van der Waals surface area contributed by atoms with Crippen molar-refractivity contribution >= 4 is 23.2 Å². The van der Waals surface area contributed by atoms with Gasteiger partial charge >= 0.3 is 0 Å². The molecule has 0 aromatic carbocycles. The second-order valence-corrected chi connectivity index (χ2v) is 12.3. The lowest BCUT2D eigenvalue weighted by molar-refractivity contribution is -0.144. The zero-order chi connectivity index (χ0) is 23.6. The second kappa shape index (κ2) is 10.5. The van der Waals surface area contributed by atoms with E-state index in [4.69, 9.17) is 0 Å². The summed E-state index contributed by atoms with van der Waals surface area (Å²) in [6, 6.07) is 4.14. The molecule has 3 N–H and O–H groups in total. The van der Waals surface area contributed by atoms with Crippen molar-refractivity contribution in [3.63, 3.8) is 0 Å². The fourth-order valence-electron chi connectivity index (χ4n) is 7.11. The summed E-state index contributed by atoms with van der Waals surface area (Å²) in [7, 11) is 0. The van der Waals surface area contributed by atoms with Gasteiger partial charge in [0.25, 0.3) is 0 Å². The van der Waals surface area contributed by atoms with Crippen LogP contribution < -0.4 is 10.6 Å². The first-order valence-corrected chi connectivity index (χ1v) is 14.0. The van der Waals surface area contributed by atoms with Crippen LogP contribution in [-0.4, -0.2) is 29.1 Å². The van der Waals surface area contributed by atoms with E-state index >= 15 is 0 Å². The van der Waals surface area contributed by atoms with Crippen LogP contribution in [0.15, 0.2) is 17.5 Å². The molecule has 0 unspecified atom stereocenters. The van der Waals surface area contributed by atoms with Crippen molar-refractivity contribution in [2.45, 2.75) is 97.2 Å². The standard InChI is InChI=1S/C27H42N2O3S/c1-17(25(31)28-16-20-10-7-15-33-20)21-11-13-27(3)14-12-22(18(2)23(27)24(21)30)29-26(32)19-8-5-4-6-9-19/h7,10,15,17-19,21-24,30H,4-6,8-9,11-14,16H2,1-3H3,(H,28,31)(H,29,32)/t17-,18+,21+,22-,23+,24-,27-/m0/s1. The van der Waals surface area contributed by atoms with Gasteiger partial charge < -0.3 is 15.7 Å². The molecule has 5 nitrogen and oxygen atoms in total. The molecule has 3 fully saturated rings. The maximum absolute atomic E-state index is 12.9. The lowest BCUT2D eigenvalue weighted by Crippen LogP contribution is -2.59. The number of aliphatic hydroxyl groups excluding tert-OH is 1. The lowest BCUT2D eigenvalue weighted by atomic mass is 9.51. The minimum Gasteiger partial charge on any atom is -0.392 e. The van der Waals surface area contributed by atoms with E-state index in [9.17, 15) is 14.7 Å². The van der Waals surface area contributed by atoms with Crippen molar-refractivity contribution in [1.82, 2.24) is 10.6 Å². The van der Waals surface area contributed by atoms with Crippen LogP contribution in [0, 0.1) is 35.0 Å². The number of rotatable bonds is 6. The van der Waals surface area contributed by atoms with Gasteiger partial charge in [-0.3, -0.25) is 9.59 Å². The topological polar surface area (TPSA) is 78.4 Å². The Labute approximate surface area is 203 Å². The molecule has 3 aliphatic carbocycles. The summed E-state index contributed by atoms with van der Waals surface area (Å²) in [5, 5.41) is 20.1. The van der Waals surface area contributed by atoms with Crippen LogP contribution in [0.25, 0.3) is 0 Å². The molecule has 4 rings (SSSR count). The van der Waals surface area contributed by atoms with Crippen molar-refractivity contribution in [2.75, 3.05) is 0 Å². The Kier molecular flexibility index (Phi) is 7.84. The summed E-state index contributed by atoms with van der Waals surface area (Å²) in [4.78, 5) is 27.0. The number of carbonyl (C=O) groups excluding carboxylic acids is 2. The molecule has 1 aromatic heterocycles. The Morgan fingerprint density at radius 3 is 2.61 bits per heavy atom. The Bertz CT molecular complexity index is 806. The number of nitrogens with one attached hydrogen (secondary N) is 2. The van der Waals surface area contributed by atoms with Crippen molar-refractivity contribution in [3.05, 3.63) is 22.4 Å². The number of aliphatic hydroxyl groups is 1. The molecule has 3 saturated carbocycles. The smallest absolute Gasteiger partial charge is 0.223 e. The highest BCUT2D eigenvalue weighted by atomic mass is 32.1. The van der Waals surface area contributed by atoms with E-state index < -0.39 is 6.10 Å². The number of carbonyl (C=O) groups is 2. The summed E-state index contributed by atoms with van der Waals surface area (Å²) in [6.45, 7) is 7.04. The van der Waals surface area contributed by atoms with E-state index in [-0.39, 0.29) is 52.9 Å². The van der Waals surface area contributed by atoms with Gasteiger partial charge in [-0.25, -0.2) is 0 Å².